The summed E-state index contributed by atoms with van der Waals surface area (Å²) in [7, 11) is 0. The molecule has 6 heteroatoms. The van der Waals surface area contributed by atoms with E-state index in [0.717, 1.165) is 10.0 Å². The maximum absolute atomic E-state index is 8.92. The Bertz CT molecular complexity index is 573. The summed E-state index contributed by atoms with van der Waals surface area (Å²) < 4.78 is 4.97. The Morgan fingerprint density at radius 2 is 2.35 bits per heavy atom. The molecule has 2 aromatic rings. The zero-order chi connectivity index (χ0) is 12.3. The zero-order valence-corrected chi connectivity index (χ0v) is 11.2. The third-order valence-electron chi connectivity index (χ3n) is 2.17. The largest absolute Gasteiger partial charge is 0.382 e. The van der Waals surface area contributed by atoms with Gasteiger partial charge in [0.1, 0.15) is 16.6 Å². The van der Waals surface area contributed by atoms with Crippen molar-refractivity contribution in [2.24, 2.45) is 0 Å². The lowest BCUT2D eigenvalue weighted by molar-refractivity contribution is 1.16. The molecular weight excluding hydrogens is 300 g/mol. The van der Waals surface area contributed by atoms with Crippen molar-refractivity contribution in [3.8, 4) is 6.07 Å². The molecule has 86 valence electrons. The molecule has 0 amide bonds. The maximum Gasteiger partial charge on any atom is 0.157 e. The number of nitrogens with zero attached hydrogens (tertiary/aromatic N) is 2. The number of nitrogens with two attached hydrogens (primary N) is 1. The lowest BCUT2D eigenvalue weighted by Gasteiger charge is -2.04. The summed E-state index contributed by atoms with van der Waals surface area (Å²) in [6.45, 7) is 0.635. The van der Waals surface area contributed by atoms with Crippen LogP contribution in [0.15, 0.2) is 28.7 Å². The Balaban J connectivity index is 2.10. The molecule has 17 heavy (non-hydrogen) atoms. The van der Waals surface area contributed by atoms with Crippen LogP contribution in [0.25, 0.3) is 0 Å². The number of aromatic nitrogens is 1. The van der Waals surface area contributed by atoms with Crippen LogP contribution in [0.2, 0.25) is 0 Å². The van der Waals surface area contributed by atoms with Gasteiger partial charge in [0.05, 0.1) is 0 Å². The highest BCUT2D eigenvalue weighted by Crippen LogP contribution is 2.26. The predicted octanol–water partition coefficient (Wildman–Crippen LogP) is 2.97. The van der Waals surface area contributed by atoms with Crippen molar-refractivity contribution in [1.29, 1.82) is 5.26 Å². The minimum Gasteiger partial charge on any atom is -0.382 e. The highest BCUT2D eigenvalue weighted by Gasteiger charge is 2.10. The van der Waals surface area contributed by atoms with Gasteiger partial charge in [-0.15, -0.1) is 0 Å². The molecule has 0 aliphatic carbocycles. The average molecular weight is 309 g/mol. The van der Waals surface area contributed by atoms with E-state index in [1.54, 1.807) is 0 Å². The van der Waals surface area contributed by atoms with Gasteiger partial charge < -0.3 is 11.1 Å². The van der Waals surface area contributed by atoms with E-state index in [2.05, 4.69) is 25.6 Å². The van der Waals surface area contributed by atoms with Crippen LogP contribution >= 0.6 is 27.5 Å². The minimum absolute atomic E-state index is 0.286. The summed E-state index contributed by atoms with van der Waals surface area (Å²) in [5, 5.41) is 12.8. The number of nitrogens with one attached hydrogen (secondary N) is 1. The lowest BCUT2D eigenvalue weighted by atomic mass is 10.2. The first kappa shape index (κ1) is 11.9. The van der Waals surface area contributed by atoms with E-state index in [1.165, 1.54) is 11.5 Å². The van der Waals surface area contributed by atoms with E-state index in [1.807, 2.05) is 30.3 Å². The molecule has 2 rings (SSSR count). The van der Waals surface area contributed by atoms with Gasteiger partial charge >= 0.3 is 0 Å². The SMILES string of the molecule is N#Cc1c(N)nsc1NCc1cccc(Br)c1. The highest BCUT2D eigenvalue weighted by atomic mass is 79.9. The minimum atomic E-state index is 0.286. The van der Waals surface area contributed by atoms with Gasteiger partial charge in [-0.2, -0.15) is 9.64 Å². The van der Waals surface area contributed by atoms with E-state index >= 15 is 0 Å². The monoisotopic (exact) mass is 308 g/mol. The number of rotatable bonds is 3. The first-order valence-corrected chi connectivity index (χ1v) is 6.41. The quantitative estimate of drug-likeness (QED) is 0.914. The van der Waals surface area contributed by atoms with Gasteiger partial charge in [0.2, 0.25) is 0 Å². The van der Waals surface area contributed by atoms with E-state index in [-0.39, 0.29) is 5.82 Å². The smallest absolute Gasteiger partial charge is 0.157 e. The molecule has 4 nitrogen and oxygen atoms in total. The fourth-order valence-electron chi connectivity index (χ4n) is 1.36. The molecule has 3 N–H and O–H groups in total. The van der Waals surface area contributed by atoms with Crippen molar-refractivity contribution in [3.63, 3.8) is 0 Å². The second kappa shape index (κ2) is 5.17. The van der Waals surface area contributed by atoms with Crippen LogP contribution in [0.5, 0.6) is 0 Å². The standard InChI is InChI=1S/C11H9BrN4S/c12-8-3-1-2-7(4-8)6-15-11-9(5-13)10(14)16-17-11/h1-4,15H,6H2,(H2,14,16). The Kier molecular flexibility index (Phi) is 3.61. The number of anilines is 2. The molecule has 0 atom stereocenters. The van der Waals surface area contributed by atoms with Gasteiger partial charge in [0.15, 0.2) is 5.82 Å². The molecule has 0 saturated carbocycles. The molecule has 0 radical (unpaired) electrons. The fraction of sp³-hybridized carbons (Fsp3) is 0.0909. The fourth-order valence-corrected chi connectivity index (χ4v) is 2.47. The second-order valence-corrected chi connectivity index (χ2v) is 5.06. The number of benzene rings is 1. The summed E-state index contributed by atoms with van der Waals surface area (Å²) in [5.41, 5.74) is 7.12. The average Bonchev–Trinajstić information content (AvgIpc) is 2.67. The van der Waals surface area contributed by atoms with Crippen molar-refractivity contribution in [2.45, 2.75) is 6.54 Å². The molecule has 0 spiro atoms. The molecule has 0 fully saturated rings. The van der Waals surface area contributed by atoms with Crippen LogP contribution in [-0.4, -0.2) is 4.37 Å². The van der Waals surface area contributed by atoms with Crippen LogP contribution in [0, 0.1) is 11.3 Å². The molecule has 1 aromatic heterocycles. The Labute approximate surface area is 111 Å². The molecule has 0 aliphatic rings. The van der Waals surface area contributed by atoms with Crippen molar-refractivity contribution in [2.75, 3.05) is 11.1 Å². The lowest BCUT2D eigenvalue weighted by Crippen LogP contribution is -1.99. The summed E-state index contributed by atoms with van der Waals surface area (Å²) in [6, 6.07) is 10.0. The van der Waals surface area contributed by atoms with Crippen LogP contribution in [0.1, 0.15) is 11.1 Å². The molecular formula is C11H9BrN4S. The Morgan fingerprint density at radius 3 is 3.06 bits per heavy atom. The molecule has 0 saturated heterocycles. The number of hydrogen-bond donors (Lipinski definition) is 2. The van der Waals surface area contributed by atoms with Gasteiger partial charge in [0.25, 0.3) is 0 Å². The van der Waals surface area contributed by atoms with Crippen LogP contribution < -0.4 is 11.1 Å². The van der Waals surface area contributed by atoms with Crippen molar-refractivity contribution in [3.05, 3.63) is 39.9 Å². The van der Waals surface area contributed by atoms with Gasteiger partial charge in [-0.25, -0.2) is 0 Å². The number of hydrogen-bond acceptors (Lipinski definition) is 5. The summed E-state index contributed by atoms with van der Waals surface area (Å²) in [5.74, 6) is 0.286. The normalized spacial score (nSPS) is 9.88. The van der Waals surface area contributed by atoms with Crippen molar-refractivity contribution < 1.29 is 0 Å². The van der Waals surface area contributed by atoms with Crippen molar-refractivity contribution >= 4 is 38.3 Å². The molecule has 1 heterocycles. The molecule has 0 bridgehead atoms. The second-order valence-electron chi connectivity index (χ2n) is 3.37. The zero-order valence-electron chi connectivity index (χ0n) is 8.77. The maximum atomic E-state index is 8.92. The Morgan fingerprint density at radius 1 is 1.53 bits per heavy atom. The topological polar surface area (TPSA) is 74.7 Å². The van der Waals surface area contributed by atoms with Crippen LogP contribution in [0.4, 0.5) is 10.8 Å². The number of halogens is 1. The Hall–Kier alpha value is -1.58. The first-order chi connectivity index (χ1) is 8.20. The van der Waals surface area contributed by atoms with Crippen molar-refractivity contribution in [1.82, 2.24) is 4.37 Å². The molecule has 1 aromatic carbocycles. The highest BCUT2D eigenvalue weighted by molar-refractivity contribution is 9.10. The first-order valence-electron chi connectivity index (χ1n) is 4.84. The van der Waals surface area contributed by atoms with Crippen LogP contribution in [0.3, 0.4) is 0 Å². The third-order valence-corrected chi connectivity index (χ3v) is 3.48. The number of nitrogen functional groups attached to an aromatic ring is 1. The molecule has 0 aliphatic heterocycles. The third kappa shape index (κ3) is 2.75. The van der Waals surface area contributed by atoms with Gasteiger partial charge in [0, 0.05) is 11.0 Å². The van der Waals surface area contributed by atoms with Gasteiger partial charge in [-0.3, -0.25) is 0 Å². The summed E-state index contributed by atoms with van der Waals surface area (Å²) in [6.07, 6.45) is 0. The molecule has 0 unspecified atom stereocenters. The van der Waals surface area contributed by atoms with Gasteiger partial charge in [-0.1, -0.05) is 28.1 Å². The summed E-state index contributed by atoms with van der Waals surface area (Å²) >= 11 is 4.61. The van der Waals surface area contributed by atoms with Crippen LogP contribution in [-0.2, 0) is 6.54 Å². The van der Waals surface area contributed by atoms with E-state index in [0.29, 0.717) is 17.1 Å². The summed E-state index contributed by atoms with van der Waals surface area (Å²) in [4.78, 5) is 0. The van der Waals surface area contributed by atoms with E-state index < -0.39 is 0 Å². The number of nitriles is 1. The van der Waals surface area contributed by atoms with E-state index in [4.69, 9.17) is 11.0 Å². The van der Waals surface area contributed by atoms with E-state index in [9.17, 15) is 0 Å². The predicted molar refractivity (Wildman–Crippen MR) is 72.7 cm³/mol. The van der Waals surface area contributed by atoms with Gasteiger partial charge in [-0.05, 0) is 29.2 Å².